The summed E-state index contributed by atoms with van der Waals surface area (Å²) in [4.78, 5) is 6.29. The molecule has 4 aromatic carbocycles. The van der Waals surface area contributed by atoms with Crippen LogP contribution in [0.25, 0.3) is 10.8 Å². The maximum absolute atomic E-state index is 5.32. The second-order valence-corrected chi connectivity index (χ2v) is 8.42. The van der Waals surface area contributed by atoms with E-state index in [1.807, 2.05) is 23.9 Å². The Morgan fingerprint density at radius 3 is 2.41 bits per heavy atom. The van der Waals surface area contributed by atoms with Crippen LogP contribution in [0, 0.1) is 0 Å². The predicted octanol–water partition coefficient (Wildman–Crippen LogP) is 7.21. The molecule has 0 amide bonds. The molecular weight excluding hydrogens is 374 g/mol. The summed E-state index contributed by atoms with van der Waals surface area (Å²) < 4.78 is 5.32. The van der Waals surface area contributed by atoms with Crippen molar-refractivity contribution in [2.24, 2.45) is 4.99 Å². The van der Waals surface area contributed by atoms with Gasteiger partial charge in [-0.2, -0.15) is 0 Å². The van der Waals surface area contributed by atoms with Crippen molar-refractivity contribution in [1.82, 2.24) is 0 Å². The first kappa shape index (κ1) is 18.0. The first-order valence-corrected chi connectivity index (χ1v) is 10.6. The molecule has 2 nitrogen and oxygen atoms in total. The van der Waals surface area contributed by atoms with Gasteiger partial charge in [0.2, 0.25) is 0 Å². The molecule has 0 radical (unpaired) electrons. The van der Waals surface area contributed by atoms with Gasteiger partial charge in [-0.3, -0.25) is 4.99 Å². The smallest absolute Gasteiger partial charge is 0.118 e. The summed E-state index contributed by atoms with van der Waals surface area (Å²) in [5, 5.41) is 2.87. The third kappa shape index (κ3) is 3.66. The molecule has 1 aliphatic heterocycles. The molecule has 1 unspecified atom stereocenters. The normalized spacial score (nSPS) is 16.0. The van der Waals surface area contributed by atoms with E-state index in [9.17, 15) is 0 Å². The van der Waals surface area contributed by atoms with Crippen LogP contribution in [0.2, 0.25) is 0 Å². The van der Waals surface area contributed by atoms with Gasteiger partial charge in [0.15, 0.2) is 0 Å². The Morgan fingerprint density at radius 1 is 0.828 bits per heavy atom. The predicted molar refractivity (Wildman–Crippen MR) is 123 cm³/mol. The number of ether oxygens (including phenoxy) is 1. The zero-order chi connectivity index (χ0) is 19.6. The molecule has 0 spiro atoms. The van der Waals surface area contributed by atoms with Gasteiger partial charge in [-0.15, -0.1) is 11.8 Å². The van der Waals surface area contributed by atoms with E-state index in [1.54, 1.807) is 7.11 Å². The molecule has 0 N–H and O–H groups in total. The number of benzene rings is 4. The van der Waals surface area contributed by atoms with Crippen LogP contribution in [0.3, 0.4) is 0 Å². The molecule has 0 aromatic heterocycles. The van der Waals surface area contributed by atoms with E-state index in [0.29, 0.717) is 5.25 Å². The van der Waals surface area contributed by atoms with E-state index in [2.05, 4.69) is 78.9 Å². The number of methoxy groups -OCH3 is 1. The molecule has 4 aromatic rings. The molecule has 0 aliphatic carbocycles. The number of hydrogen-bond acceptors (Lipinski definition) is 3. The Labute approximate surface area is 175 Å². The van der Waals surface area contributed by atoms with Gasteiger partial charge < -0.3 is 4.74 Å². The van der Waals surface area contributed by atoms with Crippen molar-refractivity contribution >= 4 is 33.9 Å². The van der Waals surface area contributed by atoms with E-state index >= 15 is 0 Å². The lowest BCUT2D eigenvalue weighted by Crippen LogP contribution is -2.05. The van der Waals surface area contributed by atoms with E-state index in [-0.39, 0.29) is 0 Å². The van der Waals surface area contributed by atoms with Crippen LogP contribution in [0.1, 0.15) is 22.8 Å². The van der Waals surface area contributed by atoms with Crippen LogP contribution in [0.5, 0.6) is 5.75 Å². The highest BCUT2D eigenvalue weighted by atomic mass is 32.2. The summed E-state index contributed by atoms with van der Waals surface area (Å²) >= 11 is 1.91. The molecule has 0 bridgehead atoms. The Morgan fingerprint density at radius 2 is 1.59 bits per heavy atom. The van der Waals surface area contributed by atoms with E-state index in [4.69, 9.17) is 9.73 Å². The summed E-state index contributed by atoms with van der Waals surface area (Å²) in [7, 11) is 1.70. The van der Waals surface area contributed by atoms with Crippen LogP contribution in [0.4, 0.5) is 5.69 Å². The topological polar surface area (TPSA) is 21.6 Å². The molecule has 1 atom stereocenters. The Hall–Kier alpha value is -3.04. The number of fused-ring (bicyclic) bond motifs is 2. The fourth-order valence-corrected chi connectivity index (χ4v) is 4.99. The van der Waals surface area contributed by atoms with Crippen LogP contribution >= 0.6 is 11.8 Å². The summed E-state index contributed by atoms with van der Waals surface area (Å²) in [6.07, 6.45) is 0.879. The molecule has 1 heterocycles. The van der Waals surface area contributed by atoms with Gasteiger partial charge >= 0.3 is 0 Å². The number of hydrogen-bond donors (Lipinski definition) is 0. The quantitative estimate of drug-likeness (QED) is 0.366. The van der Waals surface area contributed by atoms with Gasteiger partial charge in [0.25, 0.3) is 0 Å². The SMILES string of the molecule is COc1ccc(C2=Nc3ccccc3SC(c3ccc4ccccc4c3)C2)cc1. The van der Waals surface area contributed by atoms with Crippen LogP contribution in [0.15, 0.2) is 101 Å². The van der Waals surface area contributed by atoms with Crippen molar-refractivity contribution in [3.05, 3.63) is 102 Å². The molecule has 0 fully saturated rings. The number of rotatable bonds is 3. The third-order valence-electron chi connectivity index (χ3n) is 5.34. The molecule has 1 aliphatic rings. The monoisotopic (exact) mass is 395 g/mol. The molecule has 5 rings (SSSR count). The van der Waals surface area contributed by atoms with Crippen molar-refractivity contribution in [3.8, 4) is 5.75 Å². The summed E-state index contributed by atoms with van der Waals surface area (Å²) in [5.74, 6) is 0.865. The Kier molecular flexibility index (Phi) is 4.82. The minimum Gasteiger partial charge on any atom is -0.497 e. The zero-order valence-corrected chi connectivity index (χ0v) is 17.0. The third-order valence-corrected chi connectivity index (χ3v) is 6.66. The van der Waals surface area contributed by atoms with Gasteiger partial charge in [-0.05, 0) is 58.3 Å². The Bertz CT molecular complexity index is 1200. The molecule has 29 heavy (non-hydrogen) atoms. The Balaban J connectivity index is 1.58. The average molecular weight is 396 g/mol. The zero-order valence-electron chi connectivity index (χ0n) is 16.2. The lowest BCUT2D eigenvalue weighted by molar-refractivity contribution is 0.415. The summed E-state index contributed by atoms with van der Waals surface area (Å²) in [6, 6.07) is 32.0. The van der Waals surface area contributed by atoms with E-state index < -0.39 is 0 Å². The first-order valence-electron chi connectivity index (χ1n) is 9.76. The largest absolute Gasteiger partial charge is 0.497 e. The average Bonchev–Trinajstić information content (AvgIpc) is 2.98. The summed E-state index contributed by atoms with van der Waals surface area (Å²) in [6.45, 7) is 0. The standard InChI is InChI=1S/C26H21NOS/c1-28-22-14-12-19(13-15-22)24-17-26(29-25-9-5-4-8-23(25)27-24)21-11-10-18-6-2-3-7-20(18)16-21/h2-16,26H,17H2,1H3. The molecule has 0 saturated carbocycles. The second kappa shape index (κ2) is 7.76. The van der Waals surface area contributed by atoms with Crippen molar-refractivity contribution < 1.29 is 4.74 Å². The number of thioether (sulfide) groups is 1. The molecular formula is C26H21NOS. The highest BCUT2D eigenvalue weighted by Crippen LogP contribution is 2.46. The fraction of sp³-hybridized carbons (Fsp3) is 0.115. The van der Waals surface area contributed by atoms with Crippen LogP contribution < -0.4 is 4.74 Å². The van der Waals surface area contributed by atoms with Gasteiger partial charge in [0.05, 0.1) is 12.8 Å². The molecule has 0 saturated heterocycles. The second-order valence-electron chi connectivity index (χ2n) is 7.17. The van der Waals surface area contributed by atoms with E-state index in [1.165, 1.54) is 21.2 Å². The highest BCUT2D eigenvalue weighted by molar-refractivity contribution is 7.99. The maximum Gasteiger partial charge on any atom is 0.118 e. The maximum atomic E-state index is 5.32. The lowest BCUT2D eigenvalue weighted by Gasteiger charge is -2.17. The van der Waals surface area contributed by atoms with Gasteiger partial charge in [0, 0.05) is 22.3 Å². The van der Waals surface area contributed by atoms with Gasteiger partial charge in [0.1, 0.15) is 5.75 Å². The van der Waals surface area contributed by atoms with Crippen molar-refractivity contribution in [1.29, 1.82) is 0 Å². The van der Waals surface area contributed by atoms with Crippen molar-refractivity contribution in [3.63, 3.8) is 0 Å². The van der Waals surface area contributed by atoms with Crippen LogP contribution in [-0.2, 0) is 0 Å². The molecule has 3 heteroatoms. The van der Waals surface area contributed by atoms with Crippen molar-refractivity contribution in [2.75, 3.05) is 7.11 Å². The van der Waals surface area contributed by atoms with E-state index in [0.717, 1.165) is 29.1 Å². The van der Waals surface area contributed by atoms with Gasteiger partial charge in [-0.1, -0.05) is 54.6 Å². The van der Waals surface area contributed by atoms with Gasteiger partial charge in [-0.25, -0.2) is 0 Å². The lowest BCUT2D eigenvalue weighted by atomic mass is 9.99. The first-order chi connectivity index (χ1) is 14.3. The fourth-order valence-electron chi connectivity index (χ4n) is 3.77. The number of nitrogens with zero attached hydrogens (tertiary/aromatic N) is 1. The highest BCUT2D eigenvalue weighted by Gasteiger charge is 2.22. The van der Waals surface area contributed by atoms with Crippen molar-refractivity contribution in [2.45, 2.75) is 16.6 Å². The molecule has 142 valence electrons. The number of para-hydroxylation sites is 1. The minimum atomic E-state index is 0.309. The minimum absolute atomic E-state index is 0.309. The van der Waals surface area contributed by atoms with Crippen LogP contribution in [-0.4, -0.2) is 12.8 Å². The summed E-state index contributed by atoms with van der Waals surface area (Å²) in [5.41, 5.74) is 4.65. The number of aliphatic imine (C=N–C) groups is 1.